The Morgan fingerprint density at radius 1 is 1.11 bits per heavy atom. The molecule has 1 heterocycles. The van der Waals surface area contributed by atoms with Crippen molar-refractivity contribution in [2.24, 2.45) is 16.5 Å². The molecule has 36 heavy (non-hydrogen) atoms. The molecule has 0 bridgehead atoms. The summed E-state index contributed by atoms with van der Waals surface area (Å²) >= 11 is 1.60. The van der Waals surface area contributed by atoms with Gasteiger partial charge in [-0.05, 0) is 30.5 Å². The van der Waals surface area contributed by atoms with E-state index >= 15 is 0 Å². The van der Waals surface area contributed by atoms with Crippen LogP contribution in [0.4, 0.5) is 0 Å². The van der Waals surface area contributed by atoms with E-state index in [1.165, 1.54) is 12.1 Å². The van der Waals surface area contributed by atoms with Crippen LogP contribution in [-0.4, -0.2) is 79.0 Å². The molecule has 0 saturated carbocycles. The second kappa shape index (κ2) is 13.4. The van der Waals surface area contributed by atoms with Crippen molar-refractivity contribution in [3.05, 3.63) is 42.0 Å². The number of aliphatic imine (C=N–C) groups is 1. The van der Waals surface area contributed by atoms with Crippen LogP contribution in [0.15, 0.2) is 41.4 Å². The number of nitrogens with zero attached hydrogens (tertiary/aromatic N) is 3. The quantitative estimate of drug-likeness (QED) is 0.0480. The van der Waals surface area contributed by atoms with Gasteiger partial charge < -0.3 is 27.0 Å². The predicted molar refractivity (Wildman–Crippen MR) is 136 cm³/mol. The predicted octanol–water partition coefficient (Wildman–Crippen LogP) is -0.580. The molecule has 4 amide bonds. The van der Waals surface area contributed by atoms with Crippen molar-refractivity contribution in [2.75, 3.05) is 13.1 Å². The highest BCUT2D eigenvalue weighted by atomic mass is 127. The Morgan fingerprint density at radius 2 is 1.72 bits per heavy atom. The van der Waals surface area contributed by atoms with Crippen molar-refractivity contribution < 1.29 is 34.2 Å². The molecule has 0 aromatic heterocycles. The van der Waals surface area contributed by atoms with E-state index in [0.717, 1.165) is 20.2 Å². The summed E-state index contributed by atoms with van der Waals surface area (Å²) in [5.74, 6) is -3.69. The normalized spacial score (nSPS) is 14.3. The van der Waals surface area contributed by atoms with Crippen molar-refractivity contribution in [3.8, 4) is 5.75 Å². The summed E-state index contributed by atoms with van der Waals surface area (Å²) in [7, 11) is 0. The summed E-state index contributed by atoms with van der Waals surface area (Å²) in [5.41, 5.74) is 11.2. The molecule has 1 aliphatic heterocycles. The number of halogens is 1. The van der Waals surface area contributed by atoms with Gasteiger partial charge in [-0.2, -0.15) is 0 Å². The zero-order chi connectivity index (χ0) is 26.8. The van der Waals surface area contributed by atoms with Crippen molar-refractivity contribution in [3.63, 3.8) is 0 Å². The van der Waals surface area contributed by atoms with Crippen LogP contribution in [0.5, 0.6) is 5.75 Å². The maximum absolute atomic E-state index is 13.2. The summed E-state index contributed by atoms with van der Waals surface area (Å²) in [4.78, 5) is 65.9. The van der Waals surface area contributed by atoms with Gasteiger partial charge >= 0.3 is 5.97 Å². The first-order valence-electron chi connectivity index (χ1n) is 10.9. The summed E-state index contributed by atoms with van der Waals surface area (Å²) in [6, 6.07) is 3.55. The van der Waals surface area contributed by atoms with Gasteiger partial charge in [-0.1, -0.05) is 12.1 Å². The van der Waals surface area contributed by atoms with Gasteiger partial charge in [0.2, 0.25) is 5.91 Å². The van der Waals surface area contributed by atoms with Crippen molar-refractivity contribution in [1.82, 2.24) is 13.3 Å². The van der Waals surface area contributed by atoms with E-state index in [1.807, 2.05) is 0 Å². The topological polar surface area (TPSA) is 209 Å². The van der Waals surface area contributed by atoms with Gasteiger partial charge in [0.05, 0.1) is 22.9 Å². The number of nitrogens with two attached hydrogens (primary N) is 2. The minimum atomic E-state index is -1.26. The third-order valence-electron chi connectivity index (χ3n) is 5.18. The number of hydrogen-bond donors (Lipinski definition) is 5. The zero-order valence-corrected chi connectivity index (χ0v) is 21.3. The summed E-state index contributed by atoms with van der Waals surface area (Å²) in [5, 5.41) is 21.8. The lowest BCUT2D eigenvalue weighted by atomic mass is 10.0. The number of amides is 4. The fourth-order valence-corrected chi connectivity index (χ4v) is 4.09. The van der Waals surface area contributed by atoms with Crippen molar-refractivity contribution in [2.45, 2.75) is 37.8 Å². The molecule has 1 aromatic rings. The van der Waals surface area contributed by atoms with Gasteiger partial charge in [-0.15, -0.1) is 0 Å². The number of imide groups is 1. The number of carboxylic acids is 1. The molecule has 7 N–H and O–H groups in total. The first kappa shape index (κ1) is 28.5. The number of phenols is 1. The Morgan fingerprint density at radius 3 is 2.28 bits per heavy atom. The van der Waals surface area contributed by atoms with Gasteiger partial charge in [0.1, 0.15) is 17.8 Å². The molecule has 0 spiro atoms. The van der Waals surface area contributed by atoms with Gasteiger partial charge in [-0.3, -0.25) is 32.2 Å². The molecule has 2 atom stereocenters. The first-order chi connectivity index (χ1) is 17.0. The third kappa shape index (κ3) is 8.51. The Labute approximate surface area is 220 Å². The number of rotatable bonds is 13. The SMILES string of the molecule is NC(N)=NCCCC(NC(=O)CCN1C(=O)C=CC1=O)C(=O)N(I)C(Cc1ccc(O)cc1)C(=O)O. The second-order valence-corrected chi connectivity index (χ2v) is 8.89. The molecule has 1 aromatic carbocycles. The zero-order valence-electron chi connectivity index (χ0n) is 19.2. The molecule has 0 radical (unpaired) electrons. The number of phenolic OH excluding ortho intramolecular Hbond substituents is 1. The molecular weight excluding hydrogens is 587 g/mol. The molecule has 194 valence electrons. The van der Waals surface area contributed by atoms with E-state index in [2.05, 4.69) is 10.3 Å². The van der Waals surface area contributed by atoms with Crippen LogP contribution in [0.3, 0.4) is 0 Å². The highest BCUT2D eigenvalue weighted by Gasteiger charge is 2.33. The van der Waals surface area contributed by atoms with E-state index in [4.69, 9.17) is 11.5 Å². The molecule has 0 aliphatic carbocycles. The van der Waals surface area contributed by atoms with E-state index < -0.39 is 41.7 Å². The molecule has 0 fully saturated rings. The average Bonchev–Trinajstić information content (AvgIpc) is 3.14. The fourth-order valence-electron chi connectivity index (χ4n) is 3.31. The standard InChI is InChI=1S/C22H27IN6O7/c23-29(16(21(35)36)12-13-3-5-14(30)6-4-13)20(34)15(2-1-10-26-22(24)25)27-17(31)9-11-28-18(32)7-8-19(28)33/h3-8,15-16,30H,1-2,9-12H2,(H,27,31)(H,35,36)(H4,24,25,26). The Balaban J connectivity index is 2.10. The Bertz CT molecular complexity index is 1040. The average molecular weight is 614 g/mol. The fraction of sp³-hybridized carbons (Fsp3) is 0.364. The van der Waals surface area contributed by atoms with Crippen molar-refractivity contribution in [1.29, 1.82) is 0 Å². The van der Waals surface area contributed by atoms with Gasteiger partial charge in [-0.25, -0.2) is 4.79 Å². The van der Waals surface area contributed by atoms with Gasteiger partial charge in [0.25, 0.3) is 17.7 Å². The molecule has 14 heteroatoms. The number of carbonyl (C=O) groups excluding carboxylic acids is 4. The number of carboxylic acid groups (broad SMARTS) is 1. The monoisotopic (exact) mass is 614 g/mol. The smallest absolute Gasteiger partial charge is 0.327 e. The Kier molecular flexibility index (Phi) is 10.6. The lowest BCUT2D eigenvalue weighted by Crippen LogP contribution is -2.51. The molecule has 1 aliphatic rings. The van der Waals surface area contributed by atoms with Crippen LogP contribution in [-0.2, 0) is 30.4 Å². The molecule has 2 rings (SSSR count). The summed E-state index contributed by atoms with van der Waals surface area (Å²) in [6.45, 7) is 0.0134. The number of aliphatic carboxylic acids is 1. The minimum absolute atomic E-state index is 0.0182. The lowest BCUT2D eigenvalue weighted by molar-refractivity contribution is -0.145. The second-order valence-electron chi connectivity index (χ2n) is 7.85. The minimum Gasteiger partial charge on any atom is -0.508 e. The molecule has 2 unspecified atom stereocenters. The lowest BCUT2D eigenvalue weighted by Gasteiger charge is -2.27. The van der Waals surface area contributed by atoms with Gasteiger partial charge in [0.15, 0.2) is 5.96 Å². The number of nitrogens with one attached hydrogen (secondary N) is 1. The van der Waals surface area contributed by atoms with Crippen LogP contribution >= 0.6 is 22.9 Å². The summed E-state index contributed by atoms with van der Waals surface area (Å²) < 4.78 is 1.01. The highest BCUT2D eigenvalue weighted by molar-refractivity contribution is 14.1. The molecule has 0 saturated heterocycles. The van der Waals surface area contributed by atoms with Crippen LogP contribution in [0.25, 0.3) is 0 Å². The van der Waals surface area contributed by atoms with E-state index in [0.29, 0.717) is 12.0 Å². The van der Waals surface area contributed by atoms with E-state index in [9.17, 15) is 34.2 Å². The number of benzene rings is 1. The largest absolute Gasteiger partial charge is 0.508 e. The van der Waals surface area contributed by atoms with Crippen LogP contribution in [0.2, 0.25) is 0 Å². The van der Waals surface area contributed by atoms with Crippen LogP contribution in [0.1, 0.15) is 24.8 Å². The van der Waals surface area contributed by atoms with E-state index in [-0.39, 0.29) is 44.1 Å². The third-order valence-corrected chi connectivity index (χ3v) is 6.32. The maximum Gasteiger partial charge on any atom is 0.327 e. The van der Waals surface area contributed by atoms with Gasteiger partial charge in [0, 0.05) is 38.1 Å². The Hall–Kier alpha value is -3.69. The number of aromatic hydroxyl groups is 1. The van der Waals surface area contributed by atoms with Crippen molar-refractivity contribution >= 4 is 58.4 Å². The first-order valence-corrected chi connectivity index (χ1v) is 11.8. The molecule has 13 nitrogen and oxygen atoms in total. The van der Waals surface area contributed by atoms with Crippen LogP contribution in [0, 0.1) is 0 Å². The van der Waals surface area contributed by atoms with Crippen LogP contribution < -0.4 is 16.8 Å². The molecular formula is C22H27IN6O7. The number of guanidine groups is 1. The summed E-state index contributed by atoms with van der Waals surface area (Å²) in [6.07, 6.45) is 2.34. The van der Waals surface area contributed by atoms with E-state index in [1.54, 1.807) is 35.0 Å². The number of carbonyl (C=O) groups is 5. The number of hydrogen-bond acceptors (Lipinski definition) is 7. The maximum atomic E-state index is 13.2. The highest BCUT2D eigenvalue weighted by Crippen LogP contribution is 2.19.